The second kappa shape index (κ2) is 9.40. The minimum atomic E-state index is -0.833. The normalized spacial score (nSPS) is 14.8. The summed E-state index contributed by atoms with van der Waals surface area (Å²) < 4.78 is 0. The number of rotatable bonds is 5. The highest BCUT2D eigenvalue weighted by Gasteiger charge is 2.15. The van der Waals surface area contributed by atoms with E-state index in [1.54, 1.807) is 0 Å². The van der Waals surface area contributed by atoms with Crippen molar-refractivity contribution >= 4 is 5.97 Å². The highest BCUT2D eigenvalue weighted by Crippen LogP contribution is 2.16. The Kier molecular flexibility index (Phi) is 10.3. The molecule has 0 saturated carbocycles. The van der Waals surface area contributed by atoms with E-state index >= 15 is 0 Å². The monoisotopic (exact) mass is 230 g/mol. The van der Waals surface area contributed by atoms with Crippen molar-refractivity contribution in [3.05, 3.63) is 11.6 Å². The van der Waals surface area contributed by atoms with Crippen molar-refractivity contribution in [1.82, 2.24) is 0 Å². The summed E-state index contributed by atoms with van der Waals surface area (Å²) in [5.41, 5.74) is 0.951. The van der Waals surface area contributed by atoms with Crippen LogP contribution < -0.4 is 0 Å². The van der Waals surface area contributed by atoms with Crippen LogP contribution in [0.1, 0.15) is 60.3 Å². The Bertz CT molecular complexity index is 213. The van der Waals surface area contributed by atoms with E-state index in [1.165, 1.54) is 5.57 Å². The second-order valence-electron chi connectivity index (χ2n) is 4.31. The van der Waals surface area contributed by atoms with Crippen LogP contribution >= 0.6 is 0 Å². The van der Waals surface area contributed by atoms with Crippen molar-refractivity contribution in [2.75, 3.05) is 0 Å². The van der Waals surface area contributed by atoms with Gasteiger partial charge in [-0.05, 0) is 39.5 Å². The zero-order valence-corrected chi connectivity index (χ0v) is 11.2. The fraction of sp³-hybridized carbons (Fsp3) is 0.769. The molecule has 16 heavy (non-hydrogen) atoms. The Morgan fingerprint density at radius 1 is 1.31 bits per heavy atom. The van der Waals surface area contributed by atoms with Crippen molar-refractivity contribution in [2.24, 2.45) is 0 Å². The molecule has 3 heteroatoms. The highest BCUT2D eigenvalue weighted by molar-refractivity contribution is 5.62. The van der Waals surface area contributed by atoms with Gasteiger partial charge in [-0.15, -0.1) is 0 Å². The van der Waals surface area contributed by atoms with Gasteiger partial charge in [0.2, 0.25) is 0 Å². The molecule has 96 valence electrons. The molecule has 0 spiro atoms. The van der Waals surface area contributed by atoms with Crippen molar-refractivity contribution in [3.63, 3.8) is 0 Å². The average Bonchev–Trinajstić information content (AvgIpc) is 2.16. The van der Waals surface area contributed by atoms with E-state index in [1.807, 2.05) is 13.8 Å². The lowest BCUT2D eigenvalue weighted by molar-refractivity contribution is -0.134. The third-order valence-corrected chi connectivity index (χ3v) is 2.50. The topological polar surface area (TPSA) is 57.5 Å². The summed E-state index contributed by atoms with van der Waals surface area (Å²) in [4.78, 5) is 9.00. The fourth-order valence-electron chi connectivity index (χ4n) is 0.951. The van der Waals surface area contributed by atoms with Gasteiger partial charge in [0, 0.05) is 6.92 Å². The largest absolute Gasteiger partial charge is 0.481 e. The molecule has 0 fully saturated rings. The third kappa shape index (κ3) is 15.6. The van der Waals surface area contributed by atoms with Gasteiger partial charge < -0.3 is 10.2 Å². The highest BCUT2D eigenvalue weighted by atomic mass is 16.4. The Labute approximate surface area is 99.2 Å². The van der Waals surface area contributed by atoms with E-state index in [2.05, 4.69) is 19.9 Å². The van der Waals surface area contributed by atoms with E-state index in [4.69, 9.17) is 9.90 Å². The SMILES string of the molecule is CC(=O)O.CCC(C)=CCCC(C)(O)CC. The molecule has 0 aliphatic heterocycles. The first-order chi connectivity index (χ1) is 7.25. The molecule has 3 nitrogen and oxygen atoms in total. The van der Waals surface area contributed by atoms with Crippen LogP contribution in [0.25, 0.3) is 0 Å². The molecule has 2 N–H and O–H groups in total. The van der Waals surface area contributed by atoms with Gasteiger partial charge in [-0.25, -0.2) is 0 Å². The molecule has 0 saturated heterocycles. The van der Waals surface area contributed by atoms with Gasteiger partial charge in [-0.2, -0.15) is 0 Å². The van der Waals surface area contributed by atoms with Gasteiger partial charge >= 0.3 is 0 Å². The summed E-state index contributed by atoms with van der Waals surface area (Å²) in [7, 11) is 0. The van der Waals surface area contributed by atoms with Gasteiger partial charge in [-0.1, -0.05) is 25.5 Å². The molecule has 0 radical (unpaired) electrons. The zero-order chi connectivity index (χ0) is 13.2. The Balaban J connectivity index is 0. The first-order valence-corrected chi connectivity index (χ1v) is 5.82. The smallest absolute Gasteiger partial charge is 0.300 e. The molecule has 0 aromatic rings. The summed E-state index contributed by atoms with van der Waals surface area (Å²) in [6.45, 7) is 9.31. The van der Waals surface area contributed by atoms with Crippen molar-refractivity contribution < 1.29 is 15.0 Å². The maximum Gasteiger partial charge on any atom is 0.300 e. The molecule has 0 heterocycles. The van der Waals surface area contributed by atoms with Crippen LogP contribution in [0, 0.1) is 0 Å². The zero-order valence-electron chi connectivity index (χ0n) is 11.2. The molecule has 0 amide bonds. The minimum absolute atomic E-state index is 0.468. The summed E-state index contributed by atoms with van der Waals surface area (Å²) in [6, 6.07) is 0. The summed E-state index contributed by atoms with van der Waals surface area (Å²) in [5.74, 6) is -0.833. The predicted octanol–water partition coefficient (Wildman–Crippen LogP) is 3.37. The molecule has 1 unspecified atom stereocenters. The summed E-state index contributed by atoms with van der Waals surface area (Å²) >= 11 is 0. The van der Waals surface area contributed by atoms with Crippen LogP contribution in [0.5, 0.6) is 0 Å². The molecular formula is C13H26O3. The lowest BCUT2D eigenvalue weighted by Crippen LogP contribution is -2.21. The van der Waals surface area contributed by atoms with Crippen molar-refractivity contribution in [1.29, 1.82) is 0 Å². The predicted molar refractivity (Wildman–Crippen MR) is 67.5 cm³/mol. The van der Waals surface area contributed by atoms with E-state index in [9.17, 15) is 5.11 Å². The number of aliphatic carboxylic acids is 1. The molecule has 0 aromatic carbocycles. The van der Waals surface area contributed by atoms with Crippen LogP contribution in [0.15, 0.2) is 11.6 Å². The van der Waals surface area contributed by atoms with E-state index in [0.29, 0.717) is 0 Å². The second-order valence-corrected chi connectivity index (χ2v) is 4.31. The van der Waals surface area contributed by atoms with E-state index in [-0.39, 0.29) is 0 Å². The van der Waals surface area contributed by atoms with Crippen LogP contribution in [0.2, 0.25) is 0 Å². The maximum absolute atomic E-state index is 9.68. The Morgan fingerprint density at radius 2 is 1.75 bits per heavy atom. The number of hydrogen-bond donors (Lipinski definition) is 2. The van der Waals surface area contributed by atoms with E-state index in [0.717, 1.165) is 32.6 Å². The number of allylic oxidation sites excluding steroid dienone is 2. The van der Waals surface area contributed by atoms with Gasteiger partial charge in [0.15, 0.2) is 0 Å². The lowest BCUT2D eigenvalue weighted by Gasteiger charge is -2.19. The first kappa shape index (κ1) is 17.6. The number of aliphatic hydroxyl groups is 1. The number of carbonyl (C=O) groups is 1. The molecule has 0 aliphatic carbocycles. The van der Waals surface area contributed by atoms with Gasteiger partial charge in [0.1, 0.15) is 0 Å². The van der Waals surface area contributed by atoms with Crippen LogP contribution in [-0.4, -0.2) is 21.8 Å². The Morgan fingerprint density at radius 3 is 2.06 bits per heavy atom. The summed E-state index contributed by atoms with van der Waals surface area (Å²) in [6.07, 6.45) is 6.06. The van der Waals surface area contributed by atoms with Gasteiger partial charge in [0.25, 0.3) is 5.97 Å². The fourth-order valence-corrected chi connectivity index (χ4v) is 0.951. The molecule has 1 atom stereocenters. The standard InChI is InChI=1S/C11H22O.C2H4O2/c1-5-10(3)8-7-9-11(4,12)6-2;1-2(3)4/h8,12H,5-7,9H2,1-4H3;1H3,(H,3,4). The number of carboxylic acid groups (broad SMARTS) is 1. The molecular weight excluding hydrogens is 204 g/mol. The Hall–Kier alpha value is -0.830. The first-order valence-electron chi connectivity index (χ1n) is 5.82. The molecule has 0 aromatic heterocycles. The third-order valence-electron chi connectivity index (χ3n) is 2.50. The van der Waals surface area contributed by atoms with Crippen LogP contribution in [0.4, 0.5) is 0 Å². The summed E-state index contributed by atoms with van der Waals surface area (Å²) in [5, 5.41) is 17.1. The number of carboxylic acids is 1. The number of hydrogen-bond acceptors (Lipinski definition) is 2. The van der Waals surface area contributed by atoms with Crippen LogP contribution in [-0.2, 0) is 4.79 Å². The molecule has 0 rings (SSSR count). The van der Waals surface area contributed by atoms with Crippen LogP contribution in [0.3, 0.4) is 0 Å². The molecule has 0 bridgehead atoms. The maximum atomic E-state index is 9.68. The minimum Gasteiger partial charge on any atom is -0.481 e. The quantitative estimate of drug-likeness (QED) is 0.712. The average molecular weight is 230 g/mol. The van der Waals surface area contributed by atoms with E-state index < -0.39 is 11.6 Å². The van der Waals surface area contributed by atoms with Gasteiger partial charge in [-0.3, -0.25) is 4.79 Å². The van der Waals surface area contributed by atoms with Gasteiger partial charge in [0.05, 0.1) is 5.60 Å². The lowest BCUT2D eigenvalue weighted by atomic mass is 9.96. The molecule has 0 aliphatic rings. The van der Waals surface area contributed by atoms with Crippen molar-refractivity contribution in [3.8, 4) is 0 Å². The van der Waals surface area contributed by atoms with Crippen molar-refractivity contribution in [2.45, 2.75) is 65.9 Å².